The minimum absolute atomic E-state index is 0.00101. The van der Waals surface area contributed by atoms with Gasteiger partial charge in [0.25, 0.3) is 0 Å². The summed E-state index contributed by atoms with van der Waals surface area (Å²) in [5, 5.41) is 33.5. The van der Waals surface area contributed by atoms with Crippen molar-refractivity contribution in [1.82, 2.24) is 9.62 Å². The number of hydrogen-bond donors (Lipinski definition) is 4. The lowest BCUT2D eigenvalue weighted by Crippen LogP contribution is -2.52. The molecule has 11 nitrogen and oxygen atoms in total. The second kappa shape index (κ2) is 15.4. The van der Waals surface area contributed by atoms with Crippen molar-refractivity contribution in [2.45, 2.75) is 75.1 Å². The van der Waals surface area contributed by atoms with Gasteiger partial charge in [-0.3, -0.25) is 0 Å². The molecule has 2 aliphatic rings. The SMILES string of the molecule is CCC(CC)CN(C[C@@H](O)[C@H](Cc1ccccc1)NC(=O)O[C@H]1CO[C@H]2OCC[C@H]21)S(=O)(=O)c1ccc([C@H](O)CO)cc1. The first kappa shape index (κ1) is 33.3. The second-order valence-corrected chi connectivity index (χ2v) is 13.2. The van der Waals surface area contributed by atoms with Crippen LogP contribution in [0.15, 0.2) is 59.5 Å². The van der Waals surface area contributed by atoms with Crippen LogP contribution in [0.2, 0.25) is 0 Å². The minimum atomic E-state index is -4.07. The molecule has 0 radical (unpaired) electrons. The Balaban J connectivity index is 1.54. The van der Waals surface area contributed by atoms with Crippen LogP contribution in [0.3, 0.4) is 0 Å². The molecule has 2 aromatic rings. The molecule has 0 unspecified atom stereocenters. The number of benzene rings is 2. The molecule has 0 spiro atoms. The molecule has 4 rings (SSSR count). The lowest BCUT2D eigenvalue weighted by atomic mass is 10.0. The van der Waals surface area contributed by atoms with Crippen molar-refractivity contribution < 1.29 is 42.7 Å². The van der Waals surface area contributed by atoms with Crippen LogP contribution < -0.4 is 5.32 Å². The summed E-state index contributed by atoms with van der Waals surface area (Å²) < 4.78 is 45.8. The Bertz CT molecular complexity index is 1260. The smallest absolute Gasteiger partial charge is 0.407 e. The van der Waals surface area contributed by atoms with Gasteiger partial charge in [0.2, 0.25) is 10.0 Å². The highest BCUT2D eigenvalue weighted by molar-refractivity contribution is 7.89. The molecule has 0 aliphatic carbocycles. The van der Waals surface area contributed by atoms with Gasteiger partial charge in [-0.15, -0.1) is 0 Å². The number of aliphatic hydroxyl groups is 3. The molecular weight excluding hydrogens is 576 g/mol. The van der Waals surface area contributed by atoms with Gasteiger partial charge in [0.15, 0.2) is 6.29 Å². The lowest BCUT2D eigenvalue weighted by Gasteiger charge is -2.32. The van der Waals surface area contributed by atoms with Gasteiger partial charge in [-0.05, 0) is 42.0 Å². The number of aliphatic hydroxyl groups excluding tert-OH is 3. The normalized spacial score (nSPS) is 22.3. The zero-order valence-corrected chi connectivity index (χ0v) is 25.6. The monoisotopic (exact) mass is 620 g/mol. The van der Waals surface area contributed by atoms with E-state index in [1.807, 2.05) is 44.2 Å². The minimum Gasteiger partial charge on any atom is -0.443 e. The number of alkyl carbamates (subject to hydrolysis) is 1. The third-order valence-electron chi connectivity index (χ3n) is 8.39. The van der Waals surface area contributed by atoms with Gasteiger partial charge in [0.05, 0.1) is 42.8 Å². The number of amides is 1. The van der Waals surface area contributed by atoms with E-state index in [1.54, 1.807) is 0 Å². The van der Waals surface area contributed by atoms with E-state index >= 15 is 0 Å². The maximum atomic E-state index is 13.9. The highest BCUT2D eigenvalue weighted by Gasteiger charge is 2.44. The summed E-state index contributed by atoms with van der Waals surface area (Å²) in [7, 11) is -4.07. The summed E-state index contributed by atoms with van der Waals surface area (Å²) >= 11 is 0. The van der Waals surface area contributed by atoms with Crippen LogP contribution >= 0.6 is 0 Å². The van der Waals surface area contributed by atoms with Crippen molar-refractivity contribution in [1.29, 1.82) is 0 Å². The number of sulfonamides is 1. The molecule has 43 heavy (non-hydrogen) atoms. The van der Waals surface area contributed by atoms with Crippen molar-refractivity contribution in [2.75, 3.05) is 32.9 Å². The van der Waals surface area contributed by atoms with Gasteiger partial charge in [-0.1, -0.05) is 69.2 Å². The quantitative estimate of drug-likeness (QED) is 0.235. The van der Waals surface area contributed by atoms with Crippen LogP contribution in [-0.4, -0.2) is 91.6 Å². The average molecular weight is 621 g/mol. The molecular formula is C31H44N2O9S. The fourth-order valence-electron chi connectivity index (χ4n) is 5.58. The van der Waals surface area contributed by atoms with Crippen molar-refractivity contribution in [2.24, 2.45) is 11.8 Å². The summed E-state index contributed by atoms with van der Waals surface area (Å²) in [6.07, 6.45) is -1.49. The number of hydrogen-bond acceptors (Lipinski definition) is 9. The topological polar surface area (TPSA) is 155 Å². The maximum Gasteiger partial charge on any atom is 0.407 e. The molecule has 0 aromatic heterocycles. The Morgan fingerprint density at radius 1 is 1.05 bits per heavy atom. The van der Waals surface area contributed by atoms with Crippen LogP contribution in [0, 0.1) is 11.8 Å². The Morgan fingerprint density at radius 2 is 1.74 bits per heavy atom. The Morgan fingerprint density at radius 3 is 2.40 bits per heavy atom. The van der Waals surface area contributed by atoms with Crippen LogP contribution in [0.5, 0.6) is 0 Å². The van der Waals surface area contributed by atoms with Gasteiger partial charge >= 0.3 is 6.09 Å². The number of nitrogens with one attached hydrogen (secondary N) is 1. The lowest BCUT2D eigenvalue weighted by molar-refractivity contribution is -0.0907. The number of fused-ring (bicyclic) bond motifs is 1. The van der Waals surface area contributed by atoms with Crippen molar-refractivity contribution in [3.8, 4) is 0 Å². The Labute approximate surface area is 253 Å². The molecule has 2 heterocycles. The van der Waals surface area contributed by atoms with Gasteiger partial charge in [-0.25, -0.2) is 13.2 Å². The van der Waals surface area contributed by atoms with Gasteiger partial charge in [-0.2, -0.15) is 4.31 Å². The fraction of sp³-hybridized carbons (Fsp3) is 0.581. The molecule has 2 aromatic carbocycles. The summed E-state index contributed by atoms with van der Waals surface area (Å²) in [6.45, 7) is 4.18. The third kappa shape index (κ3) is 8.53. The molecule has 0 bridgehead atoms. The van der Waals surface area contributed by atoms with Crippen LogP contribution in [0.1, 0.15) is 50.3 Å². The molecule has 2 saturated heterocycles. The summed E-state index contributed by atoms with van der Waals surface area (Å²) in [5.74, 6) is 0.000631. The van der Waals surface area contributed by atoms with E-state index in [0.717, 1.165) is 24.8 Å². The largest absolute Gasteiger partial charge is 0.443 e. The highest BCUT2D eigenvalue weighted by atomic mass is 32.2. The summed E-state index contributed by atoms with van der Waals surface area (Å²) in [5.41, 5.74) is 1.24. The van der Waals surface area contributed by atoms with Gasteiger partial charge < -0.3 is 34.8 Å². The molecule has 0 saturated carbocycles. The fourth-order valence-corrected chi connectivity index (χ4v) is 7.11. The van der Waals surface area contributed by atoms with E-state index < -0.39 is 47.1 Å². The van der Waals surface area contributed by atoms with Crippen LogP contribution in [0.25, 0.3) is 0 Å². The van der Waals surface area contributed by atoms with E-state index in [4.69, 9.17) is 14.2 Å². The average Bonchev–Trinajstić information content (AvgIpc) is 3.64. The van der Waals surface area contributed by atoms with E-state index in [1.165, 1.54) is 28.6 Å². The summed E-state index contributed by atoms with van der Waals surface area (Å²) in [4.78, 5) is 13.1. The van der Waals surface area contributed by atoms with E-state index in [9.17, 15) is 28.5 Å². The summed E-state index contributed by atoms with van der Waals surface area (Å²) in [6, 6.07) is 14.2. The predicted octanol–water partition coefficient (Wildman–Crippen LogP) is 2.60. The molecule has 6 atom stereocenters. The molecule has 238 valence electrons. The van der Waals surface area contributed by atoms with E-state index in [-0.39, 0.29) is 49.1 Å². The molecule has 2 aliphatic heterocycles. The molecule has 1 amide bonds. The molecule has 2 fully saturated rings. The molecule has 4 N–H and O–H groups in total. The number of ether oxygens (including phenoxy) is 3. The first-order chi connectivity index (χ1) is 20.7. The first-order valence-electron chi connectivity index (χ1n) is 15.0. The van der Waals surface area contributed by atoms with E-state index in [0.29, 0.717) is 12.2 Å². The second-order valence-electron chi connectivity index (χ2n) is 11.2. The number of carbonyl (C=O) groups excluding carboxylic acids is 1. The maximum absolute atomic E-state index is 13.9. The predicted molar refractivity (Wildman–Crippen MR) is 158 cm³/mol. The zero-order chi connectivity index (χ0) is 31.0. The van der Waals surface area contributed by atoms with Crippen molar-refractivity contribution in [3.63, 3.8) is 0 Å². The molecule has 12 heteroatoms. The van der Waals surface area contributed by atoms with Crippen LogP contribution in [0.4, 0.5) is 4.79 Å². The Hall–Kier alpha value is -2.58. The first-order valence-corrected chi connectivity index (χ1v) is 16.4. The third-order valence-corrected chi connectivity index (χ3v) is 10.2. The van der Waals surface area contributed by atoms with E-state index in [2.05, 4.69) is 5.32 Å². The Kier molecular flexibility index (Phi) is 12.0. The van der Waals surface area contributed by atoms with Gasteiger partial charge in [0, 0.05) is 13.1 Å². The zero-order valence-electron chi connectivity index (χ0n) is 24.7. The van der Waals surface area contributed by atoms with Gasteiger partial charge in [0.1, 0.15) is 12.2 Å². The number of nitrogens with zero attached hydrogens (tertiary/aromatic N) is 1. The van der Waals surface area contributed by atoms with Crippen LogP contribution in [-0.2, 0) is 30.7 Å². The number of rotatable bonds is 15. The van der Waals surface area contributed by atoms with Crippen molar-refractivity contribution in [3.05, 3.63) is 65.7 Å². The highest BCUT2D eigenvalue weighted by Crippen LogP contribution is 2.33. The number of carbonyl (C=O) groups is 1. The standard InChI is InChI=1S/C31H44N2O9S/c1-3-21(4-2)17-33(43(38,39)24-12-10-23(11-13-24)28(36)19-34)18-27(35)26(16-22-8-6-5-7-9-22)32-31(37)42-29-20-41-30-25(29)14-15-40-30/h5-13,21,25-30,34-36H,3-4,14-20H2,1-2H3,(H,32,37)/t25-,26-,27+,28+,29-,30+/m0/s1. The van der Waals surface area contributed by atoms with Crippen molar-refractivity contribution >= 4 is 16.1 Å².